The van der Waals surface area contributed by atoms with Gasteiger partial charge in [-0.1, -0.05) is 23.2 Å². The first kappa shape index (κ1) is 12.3. The Kier molecular flexibility index (Phi) is 3.46. The van der Waals surface area contributed by atoms with Crippen LogP contribution >= 0.6 is 23.2 Å². The zero-order valence-corrected chi connectivity index (χ0v) is 11.4. The smallest absolute Gasteiger partial charge is 0.195 e. The average Bonchev–Trinajstić information content (AvgIpc) is 2.93. The van der Waals surface area contributed by atoms with Gasteiger partial charge in [0.1, 0.15) is 5.52 Å². The number of fused-ring (bicyclic) bond motifs is 1. The molecule has 0 aliphatic carbocycles. The lowest BCUT2D eigenvalue weighted by atomic mass is 10.0. The van der Waals surface area contributed by atoms with E-state index in [1.54, 1.807) is 12.1 Å². The summed E-state index contributed by atoms with van der Waals surface area (Å²) in [6.07, 6.45) is 3.20. The Morgan fingerprint density at radius 2 is 2.28 bits per heavy atom. The fraction of sp³-hybridized carbons (Fsp3) is 0.462. The highest BCUT2D eigenvalue weighted by atomic mass is 35.5. The topological polar surface area (TPSA) is 38.1 Å². The number of oxazole rings is 1. The van der Waals surface area contributed by atoms with E-state index < -0.39 is 0 Å². The first-order valence-corrected chi connectivity index (χ1v) is 6.93. The molecular formula is C13H14Cl2N2O. The minimum absolute atomic E-state index is 0.527. The van der Waals surface area contributed by atoms with Gasteiger partial charge in [0.25, 0.3) is 0 Å². The van der Waals surface area contributed by atoms with E-state index in [2.05, 4.69) is 10.3 Å². The molecule has 0 amide bonds. The molecule has 1 fully saturated rings. The number of nitrogens with zero attached hydrogens (tertiary/aromatic N) is 1. The van der Waals surface area contributed by atoms with Crippen molar-refractivity contribution in [2.45, 2.75) is 19.3 Å². The molecule has 0 bridgehead atoms. The molecule has 3 nitrogen and oxygen atoms in total. The fourth-order valence-corrected chi connectivity index (χ4v) is 2.92. The van der Waals surface area contributed by atoms with Crippen LogP contribution in [0, 0.1) is 5.92 Å². The van der Waals surface area contributed by atoms with Gasteiger partial charge in [-0.25, -0.2) is 4.98 Å². The Morgan fingerprint density at radius 1 is 1.39 bits per heavy atom. The highest BCUT2D eigenvalue weighted by molar-refractivity contribution is 6.37. The Hall–Kier alpha value is -0.770. The summed E-state index contributed by atoms with van der Waals surface area (Å²) in [7, 11) is 0. The third kappa shape index (κ3) is 2.48. The Bertz CT molecular complexity index is 561. The molecule has 1 aromatic carbocycles. The number of rotatable bonds is 3. The van der Waals surface area contributed by atoms with Crippen molar-refractivity contribution in [3.8, 4) is 0 Å². The number of nitrogens with one attached hydrogen (secondary N) is 1. The lowest BCUT2D eigenvalue weighted by molar-refractivity contribution is 0.466. The van der Waals surface area contributed by atoms with Gasteiger partial charge in [-0.3, -0.25) is 0 Å². The highest BCUT2D eigenvalue weighted by Gasteiger charge is 2.16. The average molecular weight is 285 g/mol. The molecule has 1 saturated heterocycles. The zero-order chi connectivity index (χ0) is 12.5. The largest absolute Gasteiger partial charge is 0.439 e. The molecule has 1 aromatic heterocycles. The molecule has 0 saturated carbocycles. The van der Waals surface area contributed by atoms with Crippen molar-refractivity contribution < 1.29 is 4.42 Å². The van der Waals surface area contributed by atoms with Crippen molar-refractivity contribution in [2.75, 3.05) is 13.1 Å². The van der Waals surface area contributed by atoms with Crippen LogP contribution in [-0.4, -0.2) is 18.1 Å². The van der Waals surface area contributed by atoms with E-state index in [-0.39, 0.29) is 0 Å². The van der Waals surface area contributed by atoms with Crippen LogP contribution in [0.5, 0.6) is 0 Å². The van der Waals surface area contributed by atoms with Crippen LogP contribution in [0.2, 0.25) is 10.0 Å². The van der Waals surface area contributed by atoms with Gasteiger partial charge in [-0.05, 0) is 44.0 Å². The molecule has 3 rings (SSSR count). The summed E-state index contributed by atoms with van der Waals surface area (Å²) in [6, 6.07) is 3.47. The van der Waals surface area contributed by atoms with Crippen molar-refractivity contribution >= 4 is 34.3 Å². The Labute approximate surface area is 115 Å². The number of halogens is 2. The highest BCUT2D eigenvalue weighted by Crippen LogP contribution is 2.29. The van der Waals surface area contributed by atoms with Crippen molar-refractivity contribution in [1.82, 2.24) is 10.3 Å². The van der Waals surface area contributed by atoms with Crippen LogP contribution in [0.15, 0.2) is 16.5 Å². The molecule has 1 atom stereocenters. The molecule has 5 heteroatoms. The first-order valence-electron chi connectivity index (χ1n) is 6.17. The summed E-state index contributed by atoms with van der Waals surface area (Å²) < 4.78 is 5.69. The summed E-state index contributed by atoms with van der Waals surface area (Å²) in [5, 5.41) is 4.48. The second-order valence-corrected chi connectivity index (χ2v) is 5.58. The molecule has 96 valence electrons. The molecule has 1 aliphatic rings. The van der Waals surface area contributed by atoms with Crippen LogP contribution < -0.4 is 5.32 Å². The number of aryl methyl sites for hydroxylation is 1. The number of hydrogen-bond acceptors (Lipinski definition) is 3. The number of benzene rings is 1. The summed E-state index contributed by atoms with van der Waals surface area (Å²) in [5.74, 6) is 1.49. The summed E-state index contributed by atoms with van der Waals surface area (Å²) >= 11 is 12.0. The van der Waals surface area contributed by atoms with Crippen LogP contribution in [0.4, 0.5) is 0 Å². The van der Waals surface area contributed by atoms with Gasteiger partial charge in [0.15, 0.2) is 11.5 Å². The minimum Gasteiger partial charge on any atom is -0.439 e. The second kappa shape index (κ2) is 5.08. The summed E-state index contributed by atoms with van der Waals surface area (Å²) in [6.45, 7) is 2.23. The third-order valence-electron chi connectivity index (χ3n) is 3.38. The molecule has 1 aliphatic heterocycles. The standard InChI is InChI=1S/C13H14Cl2N2O/c14-9-5-10(15)13-11(6-9)17-12(18-13)2-1-8-3-4-16-7-8/h5-6,8,16H,1-4,7H2. The monoisotopic (exact) mass is 284 g/mol. The molecule has 2 heterocycles. The van der Waals surface area contributed by atoms with Crippen molar-refractivity contribution in [3.05, 3.63) is 28.1 Å². The minimum atomic E-state index is 0.527. The van der Waals surface area contributed by atoms with Gasteiger partial charge >= 0.3 is 0 Å². The molecule has 0 spiro atoms. The summed E-state index contributed by atoms with van der Waals surface area (Å²) in [5.41, 5.74) is 1.38. The van der Waals surface area contributed by atoms with Crippen molar-refractivity contribution in [3.63, 3.8) is 0 Å². The van der Waals surface area contributed by atoms with Crippen LogP contribution in [0.3, 0.4) is 0 Å². The van der Waals surface area contributed by atoms with Gasteiger partial charge in [-0.15, -0.1) is 0 Å². The molecular weight excluding hydrogens is 271 g/mol. The van der Waals surface area contributed by atoms with E-state index in [0.717, 1.165) is 43.3 Å². The van der Waals surface area contributed by atoms with Crippen LogP contribution in [0.1, 0.15) is 18.7 Å². The van der Waals surface area contributed by atoms with Gasteiger partial charge in [0.2, 0.25) is 0 Å². The molecule has 18 heavy (non-hydrogen) atoms. The van der Waals surface area contributed by atoms with Gasteiger partial charge in [0, 0.05) is 11.4 Å². The lowest BCUT2D eigenvalue weighted by Gasteiger charge is -2.04. The SMILES string of the molecule is Clc1cc(Cl)c2oc(CCC3CCNC3)nc2c1. The number of hydrogen-bond donors (Lipinski definition) is 1. The van der Waals surface area contributed by atoms with Crippen LogP contribution in [0.25, 0.3) is 11.1 Å². The van der Waals surface area contributed by atoms with Crippen molar-refractivity contribution in [1.29, 1.82) is 0 Å². The Balaban J connectivity index is 1.78. The molecule has 2 aromatic rings. The zero-order valence-electron chi connectivity index (χ0n) is 9.88. The van der Waals surface area contributed by atoms with E-state index in [4.69, 9.17) is 27.6 Å². The van der Waals surface area contributed by atoms with Gasteiger partial charge in [0.05, 0.1) is 5.02 Å². The maximum Gasteiger partial charge on any atom is 0.195 e. The van der Waals surface area contributed by atoms with E-state index in [1.807, 2.05) is 0 Å². The molecule has 1 unspecified atom stereocenters. The van der Waals surface area contributed by atoms with E-state index in [0.29, 0.717) is 15.6 Å². The maximum absolute atomic E-state index is 6.07. The van der Waals surface area contributed by atoms with Crippen molar-refractivity contribution in [2.24, 2.45) is 5.92 Å². The number of aromatic nitrogens is 1. The second-order valence-electron chi connectivity index (χ2n) is 4.74. The summed E-state index contributed by atoms with van der Waals surface area (Å²) in [4.78, 5) is 4.44. The molecule has 0 radical (unpaired) electrons. The normalized spacial score (nSPS) is 19.8. The Morgan fingerprint density at radius 3 is 3.06 bits per heavy atom. The quantitative estimate of drug-likeness (QED) is 0.934. The van der Waals surface area contributed by atoms with E-state index in [1.165, 1.54) is 6.42 Å². The predicted octanol–water partition coefficient (Wildman–Crippen LogP) is 3.68. The van der Waals surface area contributed by atoms with Gasteiger partial charge in [-0.2, -0.15) is 0 Å². The van der Waals surface area contributed by atoms with Crippen LogP contribution in [-0.2, 0) is 6.42 Å². The predicted molar refractivity (Wildman–Crippen MR) is 73.3 cm³/mol. The fourth-order valence-electron chi connectivity index (χ4n) is 2.40. The molecule has 1 N–H and O–H groups in total. The third-order valence-corrected chi connectivity index (χ3v) is 3.88. The van der Waals surface area contributed by atoms with E-state index in [9.17, 15) is 0 Å². The first-order chi connectivity index (χ1) is 8.72. The lowest BCUT2D eigenvalue weighted by Crippen LogP contribution is -2.09. The van der Waals surface area contributed by atoms with E-state index >= 15 is 0 Å². The maximum atomic E-state index is 6.07. The van der Waals surface area contributed by atoms with Gasteiger partial charge < -0.3 is 9.73 Å².